The van der Waals surface area contributed by atoms with Gasteiger partial charge in [-0.05, 0) is 67.8 Å². The van der Waals surface area contributed by atoms with Gasteiger partial charge in [0.1, 0.15) is 17.3 Å². The van der Waals surface area contributed by atoms with Crippen LogP contribution in [0.1, 0.15) is 18.4 Å². The molecule has 2 aromatic rings. The highest BCUT2D eigenvalue weighted by Gasteiger charge is 1.99. The van der Waals surface area contributed by atoms with E-state index in [1.54, 1.807) is 12.1 Å². The first-order valence-electron chi connectivity index (χ1n) is 6.50. The van der Waals surface area contributed by atoms with Crippen LogP contribution in [0.15, 0.2) is 48.5 Å². The second-order valence-electron chi connectivity index (χ2n) is 4.45. The second kappa shape index (κ2) is 6.90. The summed E-state index contributed by atoms with van der Waals surface area (Å²) in [5.74, 6) is 1.13. The lowest BCUT2D eigenvalue weighted by atomic mass is 10.1. The van der Waals surface area contributed by atoms with Crippen molar-refractivity contribution in [3.05, 3.63) is 59.9 Å². The van der Waals surface area contributed by atoms with Crippen LogP contribution in [0.3, 0.4) is 0 Å². The molecule has 2 rings (SSSR count). The van der Waals surface area contributed by atoms with Crippen LogP contribution in [-0.2, 0) is 6.42 Å². The number of ether oxygens (including phenoxy) is 1. The number of nitrogens with two attached hydrogens (primary N) is 1. The summed E-state index contributed by atoms with van der Waals surface area (Å²) in [6, 6.07) is 14.0. The zero-order valence-electron chi connectivity index (χ0n) is 10.8. The average molecular weight is 259 g/mol. The number of unbranched alkanes of at least 4 members (excludes halogenated alkanes) is 1. The average Bonchev–Trinajstić information content (AvgIpc) is 2.44. The molecule has 0 bridgehead atoms. The van der Waals surface area contributed by atoms with Crippen LogP contribution in [0.25, 0.3) is 0 Å². The minimum Gasteiger partial charge on any atom is -0.457 e. The van der Waals surface area contributed by atoms with Gasteiger partial charge in [0.25, 0.3) is 0 Å². The molecule has 0 aliphatic heterocycles. The summed E-state index contributed by atoms with van der Waals surface area (Å²) in [7, 11) is 0. The van der Waals surface area contributed by atoms with Gasteiger partial charge in [-0.2, -0.15) is 0 Å². The standard InChI is InChI=1S/C16H18FNO/c17-14-6-10-16(11-7-14)19-15-8-4-13(5-9-15)3-1-2-12-18/h4-11H,1-3,12,18H2. The van der Waals surface area contributed by atoms with E-state index in [-0.39, 0.29) is 5.82 Å². The van der Waals surface area contributed by atoms with Gasteiger partial charge >= 0.3 is 0 Å². The number of hydrogen-bond acceptors (Lipinski definition) is 2. The molecule has 0 aromatic heterocycles. The molecule has 0 aliphatic carbocycles. The third kappa shape index (κ3) is 4.38. The maximum Gasteiger partial charge on any atom is 0.127 e. The first-order valence-corrected chi connectivity index (χ1v) is 6.50. The van der Waals surface area contributed by atoms with Crippen LogP contribution in [0.4, 0.5) is 4.39 Å². The lowest BCUT2D eigenvalue weighted by molar-refractivity contribution is 0.480. The molecule has 0 unspecified atom stereocenters. The molecule has 100 valence electrons. The maximum atomic E-state index is 12.8. The predicted molar refractivity (Wildman–Crippen MR) is 74.9 cm³/mol. The Balaban J connectivity index is 1.92. The number of aryl methyl sites for hydroxylation is 1. The summed E-state index contributed by atoms with van der Waals surface area (Å²) >= 11 is 0. The van der Waals surface area contributed by atoms with E-state index in [0.717, 1.165) is 31.6 Å². The zero-order chi connectivity index (χ0) is 13.5. The van der Waals surface area contributed by atoms with Crippen LogP contribution in [0.2, 0.25) is 0 Å². The Bertz CT molecular complexity index is 493. The van der Waals surface area contributed by atoms with Gasteiger partial charge in [0.2, 0.25) is 0 Å². The minimum absolute atomic E-state index is 0.261. The molecule has 0 saturated heterocycles. The summed E-state index contributed by atoms with van der Waals surface area (Å²) < 4.78 is 18.4. The number of hydrogen-bond donors (Lipinski definition) is 1. The van der Waals surface area contributed by atoms with Crippen molar-refractivity contribution in [2.75, 3.05) is 6.54 Å². The normalized spacial score (nSPS) is 10.4. The Morgan fingerprint density at radius 1 is 0.842 bits per heavy atom. The summed E-state index contributed by atoms with van der Waals surface area (Å²) in [6.07, 6.45) is 3.19. The SMILES string of the molecule is NCCCCc1ccc(Oc2ccc(F)cc2)cc1. The monoisotopic (exact) mass is 259 g/mol. The Morgan fingerprint density at radius 2 is 1.42 bits per heavy atom. The molecule has 19 heavy (non-hydrogen) atoms. The van der Waals surface area contributed by atoms with E-state index in [2.05, 4.69) is 12.1 Å². The third-order valence-electron chi connectivity index (χ3n) is 2.89. The van der Waals surface area contributed by atoms with Crippen molar-refractivity contribution in [3.8, 4) is 11.5 Å². The third-order valence-corrected chi connectivity index (χ3v) is 2.89. The molecule has 0 amide bonds. The van der Waals surface area contributed by atoms with Gasteiger partial charge in [0.05, 0.1) is 0 Å². The predicted octanol–water partition coefficient (Wildman–Crippen LogP) is 3.90. The summed E-state index contributed by atoms with van der Waals surface area (Å²) in [4.78, 5) is 0. The van der Waals surface area contributed by atoms with E-state index in [9.17, 15) is 4.39 Å². The highest BCUT2D eigenvalue weighted by molar-refractivity contribution is 5.33. The number of halogens is 1. The molecule has 0 fully saturated rings. The summed E-state index contributed by atoms with van der Waals surface area (Å²) in [6.45, 7) is 0.742. The Morgan fingerprint density at radius 3 is 2.00 bits per heavy atom. The maximum absolute atomic E-state index is 12.8. The van der Waals surface area contributed by atoms with E-state index < -0.39 is 0 Å². The highest BCUT2D eigenvalue weighted by atomic mass is 19.1. The fourth-order valence-electron chi connectivity index (χ4n) is 1.84. The van der Waals surface area contributed by atoms with Crippen LogP contribution in [0, 0.1) is 5.82 Å². The lowest BCUT2D eigenvalue weighted by Gasteiger charge is -2.06. The molecule has 0 atom stereocenters. The molecule has 0 saturated carbocycles. The molecule has 0 heterocycles. The molecular weight excluding hydrogens is 241 g/mol. The van der Waals surface area contributed by atoms with Crippen molar-refractivity contribution >= 4 is 0 Å². The van der Waals surface area contributed by atoms with Crippen LogP contribution < -0.4 is 10.5 Å². The number of benzene rings is 2. The quantitative estimate of drug-likeness (QED) is 0.798. The fraction of sp³-hybridized carbons (Fsp3) is 0.250. The highest BCUT2D eigenvalue weighted by Crippen LogP contribution is 2.22. The summed E-state index contributed by atoms with van der Waals surface area (Å²) in [5, 5.41) is 0. The number of rotatable bonds is 6. The molecule has 2 nitrogen and oxygen atoms in total. The van der Waals surface area contributed by atoms with E-state index in [4.69, 9.17) is 10.5 Å². The van der Waals surface area contributed by atoms with Crippen LogP contribution in [-0.4, -0.2) is 6.54 Å². The molecule has 0 radical (unpaired) electrons. The zero-order valence-corrected chi connectivity index (χ0v) is 10.8. The molecule has 0 aliphatic rings. The van der Waals surface area contributed by atoms with Crippen molar-refractivity contribution in [1.29, 1.82) is 0 Å². The minimum atomic E-state index is -0.261. The Kier molecular flexibility index (Phi) is 4.93. The first-order chi connectivity index (χ1) is 9.28. The molecule has 2 aromatic carbocycles. The van der Waals surface area contributed by atoms with Crippen LogP contribution in [0.5, 0.6) is 11.5 Å². The molecule has 0 spiro atoms. The second-order valence-corrected chi connectivity index (χ2v) is 4.45. The van der Waals surface area contributed by atoms with Crippen molar-refractivity contribution in [2.24, 2.45) is 5.73 Å². The van der Waals surface area contributed by atoms with Gasteiger partial charge in [-0.15, -0.1) is 0 Å². The van der Waals surface area contributed by atoms with Gasteiger partial charge in [0.15, 0.2) is 0 Å². The molecule has 2 N–H and O–H groups in total. The smallest absolute Gasteiger partial charge is 0.127 e. The Labute approximate surface area is 113 Å². The Hall–Kier alpha value is -1.87. The largest absolute Gasteiger partial charge is 0.457 e. The summed E-state index contributed by atoms with van der Waals surface area (Å²) in [5.41, 5.74) is 6.74. The van der Waals surface area contributed by atoms with Crippen molar-refractivity contribution in [3.63, 3.8) is 0 Å². The van der Waals surface area contributed by atoms with Crippen molar-refractivity contribution in [1.82, 2.24) is 0 Å². The topological polar surface area (TPSA) is 35.2 Å². The van der Waals surface area contributed by atoms with Gasteiger partial charge in [-0.25, -0.2) is 4.39 Å². The van der Waals surface area contributed by atoms with Gasteiger partial charge in [-0.1, -0.05) is 12.1 Å². The van der Waals surface area contributed by atoms with E-state index in [1.807, 2.05) is 12.1 Å². The van der Waals surface area contributed by atoms with E-state index in [0.29, 0.717) is 5.75 Å². The van der Waals surface area contributed by atoms with Gasteiger partial charge < -0.3 is 10.5 Å². The van der Waals surface area contributed by atoms with Crippen molar-refractivity contribution < 1.29 is 9.13 Å². The van der Waals surface area contributed by atoms with Crippen molar-refractivity contribution in [2.45, 2.75) is 19.3 Å². The fourth-order valence-corrected chi connectivity index (χ4v) is 1.84. The van der Waals surface area contributed by atoms with E-state index >= 15 is 0 Å². The molecular formula is C16H18FNO. The lowest BCUT2D eigenvalue weighted by Crippen LogP contribution is -1.98. The van der Waals surface area contributed by atoms with Gasteiger partial charge in [-0.3, -0.25) is 0 Å². The first kappa shape index (κ1) is 13.6. The molecule has 3 heteroatoms. The van der Waals surface area contributed by atoms with Crippen LogP contribution >= 0.6 is 0 Å². The van der Waals surface area contributed by atoms with E-state index in [1.165, 1.54) is 17.7 Å². The van der Waals surface area contributed by atoms with Gasteiger partial charge in [0, 0.05) is 0 Å².